The molecule has 3 rings (SSSR count). The Bertz CT molecular complexity index is 1030. The lowest BCUT2D eigenvalue weighted by Gasteiger charge is -2.18. The molecule has 0 radical (unpaired) electrons. The van der Waals surface area contributed by atoms with Crippen molar-refractivity contribution in [2.24, 2.45) is 0 Å². The Morgan fingerprint density at radius 2 is 1.74 bits per heavy atom. The van der Waals surface area contributed by atoms with Crippen LogP contribution in [0.25, 0.3) is 5.69 Å². The summed E-state index contributed by atoms with van der Waals surface area (Å²) in [6, 6.07) is 15.1. The second-order valence-corrected chi connectivity index (χ2v) is 7.80. The monoisotopic (exact) mass is 437 g/mol. The fraction of sp³-hybridized carbons (Fsp3) is 0.304. The number of para-hydroxylation sites is 1. The summed E-state index contributed by atoms with van der Waals surface area (Å²) >= 11 is 1.33. The van der Waals surface area contributed by atoms with Crippen molar-refractivity contribution in [2.75, 3.05) is 24.2 Å². The third-order valence-corrected chi connectivity index (χ3v) is 5.89. The van der Waals surface area contributed by atoms with Gasteiger partial charge in [0.15, 0.2) is 5.16 Å². The van der Waals surface area contributed by atoms with Crippen LogP contribution >= 0.6 is 11.8 Å². The molecule has 0 aliphatic heterocycles. The molecule has 1 aromatic heterocycles. The lowest BCUT2D eigenvalue weighted by Crippen LogP contribution is -2.30. The summed E-state index contributed by atoms with van der Waals surface area (Å²) in [5, 5.41) is 11.7. The van der Waals surface area contributed by atoms with Gasteiger partial charge in [-0.2, -0.15) is 0 Å². The largest absolute Gasteiger partial charge is 0.339 e. The minimum absolute atomic E-state index is 0.00914. The Morgan fingerprint density at radius 3 is 2.42 bits per heavy atom. The van der Waals surface area contributed by atoms with Gasteiger partial charge in [-0.3, -0.25) is 14.2 Å². The second kappa shape index (κ2) is 10.8. The molecule has 2 amide bonds. The number of nitrogens with one attached hydrogen (secondary N) is 1. The quantitative estimate of drug-likeness (QED) is 0.511. The second-order valence-electron chi connectivity index (χ2n) is 6.86. The summed E-state index contributed by atoms with van der Waals surface area (Å²) in [7, 11) is 0. The van der Waals surface area contributed by atoms with Gasteiger partial charge in [0, 0.05) is 24.3 Å². The number of carbonyl (C=O) groups excluding carboxylic acids is 2. The number of hydrogen-bond acceptors (Lipinski definition) is 5. The lowest BCUT2D eigenvalue weighted by molar-refractivity contribution is -0.113. The number of rotatable bonds is 9. The van der Waals surface area contributed by atoms with E-state index in [2.05, 4.69) is 28.5 Å². The number of aryl methyl sites for hydroxylation is 1. The number of anilines is 1. The third kappa shape index (κ3) is 5.52. The third-order valence-electron chi connectivity index (χ3n) is 4.95. The smallest absolute Gasteiger partial charge is 0.253 e. The van der Waals surface area contributed by atoms with Crippen molar-refractivity contribution in [3.05, 3.63) is 66.0 Å². The number of hydrogen-bond donors (Lipinski definition) is 1. The van der Waals surface area contributed by atoms with Gasteiger partial charge in [-0.15, -0.1) is 10.2 Å². The molecule has 0 bridgehead atoms. The van der Waals surface area contributed by atoms with E-state index in [0.29, 0.717) is 29.5 Å². The van der Waals surface area contributed by atoms with Gasteiger partial charge in [0.05, 0.1) is 11.4 Å². The van der Waals surface area contributed by atoms with Crippen molar-refractivity contribution in [3.63, 3.8) is 0 Å². The van der Waals surface area contributed by atoms with Crippen LogP contribution < -0.4 is 5.32 Å². The molecule has 0 spiro atoms. The molecule has 2 aromatic carbocycles. The van der Waals surface area contributed by atoms with Gasteiger partial charge in [-0.1, -0.05) is 36.9 Å². The Kier molecular flexibility index (Phi) is 7.83. The Labute approximate surface area is 186 Å². The van der Waals surface area contributed by atoms with E-state index in [1.165, 1.54) is 17.3 Å². The van der Waals surface area contributed by atoms with E-state index in [4.69, 9.17) is 0 Å². The zero-order valence-electron chi connectivity index (χ0n) is 18.0. The van der Waals surface area contributed by atoms with Crippen LogP contribution in [0.1, 0.15) is 36.7 Å². The summed E-state index contributed by atoms with van der Waals surface area (Å²) in [5.74, 6) is 0.0453. The number of carbonyl (C=O) groups is 2. The van der Waals surface area contributed by atoms with Crippen molar-refractivity contribution < 1.29 is 9.59 Å². The standard InChI is InChI=1S/C23H27N5O2S/c1-4-17-9-7-8-10-20(17)28-16-24-26-23(28)31-15-21(29)25-19-13-11-18(12-14-19)22(30)27(5-2)6-3/h7-14,16H,4-6,15H2,1-3H3,(H,25,29). The van der Waals surface area contributed by atoms with Crippen LogP contribution in [0.3, 0.4) is 0 Å². The first-order valence-electron chi connectivity index (χ1n) is 10.4. The van der Waals surface area contributed by atoms with Gasteiger partial charge in [-0.25, -0.2) is 0 Å². The predicted octanol–water partition coefficient (Wildman–Crippen LogP) is 4.04. The van der Waals surface area contributed by atoms with Crippen molar-refractivity contribution in [1.29, 1.82) is 0 Å². The maximum Gasteiger partial charge on any atom is 0.253 e. The molecular weight excluding hydrogens is 410 g/mol. The summed E-state index contributed by atoms with van der Waals surface area (Å²) in [6.07, 6.45) is 2.56. The van der Waals surface area contributed by atoms with Gasteiger partial charge in [0.1, 0.15) is 6.33 Å². The molecule has 7 nitrogen and oxygen atoms in total. The minimum atomic E-state index is -0.147. The molecule has 8 heteroatoms. The highest BCUT2D eigenvalue weighted by Crippen LogP contribution is 2.23. The van der Waals surface area contributed by atoms with Crippen LogP contribution in [-0.4, -0.2) is 50.3 Å². The van der Waals surface area contributed by atoms with E-state index in [1.807, 2.05) is 36.6 Å². The molecule has 0 fully saturated rings. The normalized spacial score (nSPS) is 10.7. The van der Waals surface area contributed by atoms with Gasteiger partial charge in [-0.05, 0) is 56.2 Å². The van der Waals surface area contributed by atoms with Crippen molar-refractivity contribution in [3.8, 4) is 5.69 Å². The summed E-state index contributed by atoms with van der Waals surface area (Å²) in [5.41, 5.74) is 3.47. The number of amides is 2. The van der Waals surface area contributed by atoms with E-state index in [1.54, 1.807) is 35.5 Å². The molecule has 0 aliphatic carbocycles. The average molecular weight is 438 g/mol. The van der Waals surface area contributed by atoms with Gasteiger partial charge in [0.2, 0.25) is 5.91 Å². The molecular formula is C23H27N5O2S. The summed E-state index contributed by atoms with van der Waals surface area (Å²) in [4.78, 5) is 26.6. The molecule has 1 N–H and O–H groups in total. The maximum atomic E-state index is 12.4. The Morgan fingerprint density at radius 1 is 1.03 bits per heavy atom. The van der Waals surface area contributed by atoms with E-state index in [-0.39, 0.29) is 17.6 Å². The highest BCUT2D eigenvalue weighted by atomic mass is 32.2. The Hall–Kier alpha value is -3.13. The molecule has 3 aromatic rings. The van der Waals surface area contributed by atoms with E-state index in [0.717, 1.165) is 12.1 Å². The van der Waals surface area contributed by atoms with Crippen LogP contribution in [0.2, 0.25) is 0 Å². The zero-order chi connectivity index (χ0) is 22.2. The minimum Gasteiger partial charge on any atom is -0.339 e. The topological polar surface area (TPSA) is 80.1 Å². The van der Waals surface area contributed by atoms with Crippen molar-refractivity contribution >= 4 is 29.3 Å². The Balaban J connectivity index is 1.61. The summed E-state index contributed by atoms with van der Waals surface area (Å²) in [6.45, 7) is 7.34. The first-order valence-corrected chi connectivity index (χ1v) is 11.4. The number of nitrogens with zero attached hydrogens (tertiary/aromatic N) is 4. The van der Waals surface area contributed by atoms with Crippen LogP contribution in [-0.2, 0) is 11.2 Å². The molecule has 0 aliphatic rings. The number of thioether (sulfide) groups is 1. The van der Waals surface area contributed by atoms with Crippen LogP contribution in [0.15, 0.2) is 60.0 Å². The van der Waals surface area contributed by atoms with Gasteiger partial charge in [0.25, 0.3) is 5.91 Å². The highest BCUT2D eigenvalue weighted by Gasteiger charge is 2.14. The highest BCUT2D eigenvalue weighted by molar-refractivity contribution is 7.99. The number of benzene rings is 2. The molecule has 0 saturated carbocycles. The predicted molar refractivity (Wildman–Crippen MR) is 124 cm³/mol. The SMILES string of the molecule is CCc1ccccc1-n1cnnc1SCC(=O)Nc1ccc(C(=O)N(CC)CC)cc1. The van der Waals surface area contributed by atoms with E-state index in [9.17, 15) is 9.59 Å². The average Bonchev–Trinajstić information content (AvgIpc) is 3.27. The molecule has 0 unspecified atom stereocenters. The first kappa shape index (κ1) is 22.6. The first-order chi connectivity index (χ1) is 15.1. The molecule has 1 heterocycles. The van der Waals surface area contributed by atoms with Crippen LogP contribution in [0, 0.1) is 0 Å². The van der Waals surface area contributed by atoms with Gasteiger partial charge < -0.3 is 10.2 Å². The van der Waals surface area contributed by atoms with Crippen molar-refractivity contribution in [1.82, 2.24) is 19.7 Å². The fourth-order valence-electron chi connectivity index (χ4n) is 3.25. The van der Waals surface area contributed by atoms with Crippen LogP contribution in [0.5, 0.6) is 0 Å². The molecule has 0 saturated heterocycles. The van der Waals surface area contributed by atoms with Gasteiger partial charge >= 0.3 is 0 Å². The van der Waals surface area contributed by atoms with E-state index >= 15 is 0 Å². The molecule has 162 valence electrons. The van der Waals surface area contributed by atoms with Crippen LogP contribution in [0.4, 0.5) is 5.69 Å². The van der Waals surface area contributed by atoms with E-state index < -0.39 is 0 Å². The molecule has 31 heavy (non-hydrogen) atoms. The maximum absolute atomic E-state index is 12.4. The molecule has 0 atom stereocenters. The fourth-order valence-corrected chi connectivity index (χ4v) is 3.97. The lowest BCUT2D eigenvalue weighted by atomic mass is 10.1. The summed E-state index contributed by atoms with van der Waals surface area (Å²) < 4.78 is 1.91. The zero-order valence-corrected chi connectivity index (χ0v) is 18.9. The number of aromatic nitrogens is 3. The van der Waals surface area contributed by atoms with Crippen molar-refractivity contribution in [2.45, 2.75) is 32.3 Å².